The zero-order chi connectivity index (χ0) is 19.2. The van der Waals surface area contributed by atoms with Crippen molar-refractivity contribution in [3.63, 3.8) is 0 Å². The number of pyridine rings is 1. The smallest absolute Gasteiger partial charge is 0.341 e. The maximum absolute atomic E-state index is 12.1. The highest BCUT2D eigenvalue weighted by molar-refractivity contribution is 7.98. The second kappa shape index (κ2) is 8.68. The van der Waals surface area contributed by atoms with Crippen LogP contribution < -0.4 is 10.2 Å². The summed E-state index contributed by atoms with van der Waals surface area (Å²) < 4.78 is 5.08. The van der Waals surface area contributed by atoms with E-state index in [0.717, 1.165) is 12.1 Å². The number of rotatable bonds is 6. The van der Waals surface area contributed by atoms with Gasteiger partial charge in [-0.1, -0.05) is 6.07 Å². The van der Waals surface area contributed by atoms with Gasteiger partial charge in [0.2, 0.25) is 5.91 Å². The molecule has 0 unspecified atom stereocenters. The molecule has 0 spiro atoms. The van der Waals surface area contributed by atoms with Crippen LogP contribution in [0.25, 0.3) is 0 Å². The van der Waals surface area contributed by atoms with Crippen molar-refractivity contribution in [3.8, 4) is 0 Å². The van der Waals surface area contributed by atoms with Crippen LogP contribution in [0.4, 0.5) is 11.4 Å². The van der Waals surface area contributed by atoms with Crippen molar-refractivity contribution in [2.24, 2.45) is 0 Å². The Morgan fingerprint density at radius 3 is 2.89 bits per heavy atom. The van der Waals surface area contributed by atoms with E-state index in [9.17, 15) is 14.4 Å². The van der Waals surface area contributed by atoms with Crippen molar-refractivity contribution < 1.29 is 19.1 Å². The Balaban J connectivity index is 1.58. The molecule has 1 N–H and O–H groups in total. The highest BCUT2D eigenvalue weighted by atomic mass is 32.2. The number of amides is 2. The molecule has 0 atom stereocenters. The number of carbonyl (C=O) groups excluding carboxylic acids is 3. The highest BCUT2D eigenvalue weighted by Gasteiger charge is 2.22. The second-order valence-electron chi connectivity index (χ2n) is 5.88. The number of benzene rings is 1. The Kier molecular flexibility index (Phi) is 6.08. The van der Waals surface area contributed by atoms with Gasteiger partial charge in [-0.25, -0.2) is 9.78 Å². The number of ether oxygens (including phenoxy) is 1. The van der Waals surface area contributed by atoms with Gasteiger partial charge >= 0.3 is 5.97 Å². The van der Waals surface area contributed by atoms with Gasteiger partial charge in [0.05, 0.1) is 5.56 Å². The summed E-state index contributed by atoms with van der Waals surface area (Å²) in [5.41, 5.74) is 1.61. The summed E-state index contributed by atoms with van der Waals surface area (Å²) in [7, 11) is 0. The van der Waals surface area contributed by atoms with Crippen LogP contribution in [0.2, 0.25) is 0 Å². The molecule has 1 aliphatic heterocycles. The molecular formula is C19H19N3O4S. The first-order valence-electron chi connectivity index (χ1n) is 8.45. The Bertz CT molecular complexity index is 872. The molecule has 1 aliphatic rings. The summed E-state index contributed by atoms with van der Waals surface area (Å²) in [5, 5.41) is 3.23. The number of nitrogens with one attached hydrogen (secondary N) is 1. The Labute approximate surface area is 161 Å². The molecule has 0 aliphatic carbocycles. The van der Waals surface area contributed by atoms with Crippen LogP contribution >= 0.6 is 11.8 Å². The van der Waals surface area contributed by atoms with Gasteiger partial charge < -0.3 is 15.0 Å². The lowest BCUT2D eigenvalue weighted by Gasteiger charge is -2.16. The Morgan fingerprint density at radius 2 is 2.15 bits per heavy atom. The van der Waals surface area contributed by atoms with E-state index in [-0.39, 0.29) is 5.91 Å². The third kappa shape index (κ3) is 4.65. The van der Waals surface area contributed by atoms with Crippen LogP contribution in [0.5, 0.6) is 0 Å². The molecule has 0 bridgehead atoms. The number of esters is 1. The van der Waals surface area contributed by atoms with Crippen LogP contribution in [0, 0.1) is 0 Å². The minimum atomic E-state index is -0.598. The Hall–Kier alpha value is -2.87. The quantitative estimate of drug-likeness (QED) is 0.608. The fourth-order valence-corrected chi connectivity index (χ4v) is 3.33. The van der Waals surface area contributed by atoms with E-state index in [0.29, 0.717) is 29.2 Å². The molecule has 2 aromatic rings. The van der Waals surface area contributed by atoms with Gasteiger partial charge in [0.15, 0.2) is 6.61 Å². The average Bonchev–Trinajstić information content (AvgIpc) is 3.12. The van der Waals surface area contributed by atoms with E-state index in [2.05, 4.69) is 10.3 Å². The maximum Gasteiger partial charge on any atom is 0.341 e. The molecule has 3 rings (SSSR count). The van der Waals surface area contributed by atoms with Crippen LogP contribution in [-0.4, -0.2) is 42.2 Å². The van der Waals surface area contributed by atoms with E-state index >= 15 is 0 Å². The first-order valence-corrected chi connectivity index (χ1v) is 9.67. The largest absolute Gasteiger partial charge is 0.452 e. The van der Waals surface area contributed by atoms with Gasteiger partial charge in [0.1, 0.15) is 5.03 Å². The zero-order valence-corrected chi connectivity index (χ0v) is 15.6. The van der Waals surface area contributed by atoms with Gasteiger partial charge in [0.25, 0.3) is 5.91 Å². The minimum absolute atomic E-state index is 0.0773. The molecule has 1 fully saturated rings. The first-order chi connectivity index (χ1) is 13.1. The topological polar surface area (TPSA) is 88.6 Å². The van der Waals surface area contributed by atoms with Crippen molar-refractivity contribution in [1.82, 2.24) is 4.98 Å². The van der Waals surface area contributed by atoms with Crippen LogP contribution in [-0.2, 0) is 14.3 Å². The molecule has 8 heteroatoms. The van der Waals surface area contributed by atoms with Crippen molar-refractivity contribution in [1.29, 1.82) is 0 Å². The summed E-state index contributed by atoms with van der Waals surface area (Å²) in [4.78, 5) is 41.9. The van der Waals surface area contributed by atoms with Gasteiger partial charge in [-0.05, 0) is 43.0 Å². The van der Waals surface area contributed by atoms with Gasteiger partial charge in [-0.15, -0.1) is 11.8 Å². The van der Waals surface area contributed by atoms with E-state index < -0.39 is 18.5 Å². The molecule has 2 amide bonds. The zero-order valence-electron chi connectivity index (χ0n) is 14.8. The van der Waals surface area contributed by atoms with Gasteiger partial charge in [0, 0.05) is 30.5 Å². The summed E-state index contributed by atoms with van der Waals surface area (Å²) in [6.45, 7) is 0.269. The predicted octanol–water partition coefficient (Wildman–Crippen LogP) is 2.73. The number of anilines is 2. The highest BCUT2D eigenvalue weighted by Crippen LogP contribution is 2.24. The molecule has 0 radical (unpaired) electrons. The molecule has 0 saturated carbocycles. The lowest BCUT2D eigenvalue weighted by molar-refractivity contribution is -0.119. The summed E-state index contributed by atoms with van der Waals surface area (Å²) in [6, 6.07) is 10.3. The molecule has 7 nitrogen and oxygen atoms in total. The maximum atomic E-state index is 12.1. The number of nitrogens with zero attached hydrogens (tertiary/aromatic N) is 2. The monoisotopic (exact) mass is 385 g/mol. The second-order valence-corrected chi connectivity index (χ2v) is 6.68. The van der Waals surface area contributed by atoms with Crippen molar-refractivity contribution in [3.05, 3.63) is 48.2 Å². The van der Waals surface area contributed by atoms with E-state index in [1.54, 1.807) is 41.4 Å². The lowest BCUT2D eigenvalue weighted by atomic mass is 10.2. The number of thioether (sulfide) groups is 1. The number of carbonyl (C=O) groups is 3. The molecule has 1 aromatic carbocycles. The summed E-state index contributed by atoms with van der Waals surface area (Å²) in [6.07, 6.45) is 4.77. The van der Waals surface area contributed by atoms with Crippen LogP contribution in [0.1, 0.15) is 23.2 Å². The summed E-state index contributed by atoms with van der Waals surface area (Å²) >= 11 is 1.33. The molecular weight excluding hydrogens is 366 g/mol. The van der Waals surface area contributed by atoms with Crippen molar-refractivity contribution in [2.45, 2.75) is 17.9 Å². The standard InChI is InChI=1S/C19H19N3O4S/c1-27-18-15(7-3-9-20-18)19(25)26-12-16(23)21-13-5-2-6-14(11-13)22-10-4-8-17(22)24/h2-3,5-7,9,11H,4,8,10,12H2,1H3,(H,21,23). The van der Waals surface area contributed by atoms with Crippen molar-refractivity contribution >= 4 is 40.9 Å². The fraction of sp³-hybridized carbons (Fsp3) is 0.263. The normalized spacial score (nSPS) is 13.5. The predicted molar refractivity (Wildman–Crippen MR) is 103 cm³/mol. The minimum Gasteiger partial charge on any atom is -0.452 e. The van der Waals surface area contributed by atoms with E-state index in [1.807, 2.05) is 12.3 Å². The molecule has 1 saturated heterocycles. The number of aromatic nitrogens is 1. The van der Waals surface area contributed by atoms with Crippen LogP contribution in [0.3, 0.4) is 0 Å². The lowest BCUT2D eigenvalue weighted by Crippen LogP contribution is -2.24. The first kappa shape index (κ1) is 18.9. The average molecular weight is 385 g/mol. The molecule has 140 valence electrons. The molecule has 2 heterocycles. The number of hydrogen-bond acceptors (Lipinski definition) is 6. The molecule has 1 aromatic heterocycles. The van der Waals surface area contributed by atoms with Gasteiger partial charge in [-0.3, -0.25) is 9.59 Å². The Morgan fingerprint density at radius 1 is 1.30 bits per heavy atom. The van der Waals surface area contributed by atoms with E-state index in [4.69, 9.17) is 4.74 Å². The number of hydrogen-bond donors (Lipinski definition) is 1. The van der Waals surface area contributed by atoms with Crippen molar-refractivity contribution in [2.75, 3.05) is 29.6 Å². The third-order valence-corrected chi connectivity index (χ3v) is 4.75. The third-order valence-electron chi connectivity index (χ3n) is 4.03. The molecule has 27 heavy (non-hydrogen) atoms. The SMILES string of the molecule is CSc1ncccc1C(=O)OCC(=O)Nc1cccc(N2CCCC2=O)c1. The fourth-order valence-electron chi connectivity index (χ4n) is 2.79. The van der Waals surface area contributed by atoms with Gasteiger partial charge in [-0.2, -0.15) is 0 Å². The summed E-state index contributed by atoms with van der Waals surface area (Å²) in [5.74, 6) is -0.977. The van der Waals surface area contributed by atoms with Crippen LogP contribution in [0.15, 0.2) is 47.6 Å². The van der Waals surface area contributed by atoms with E-state index in [1.165, 1.54) is 11.8 Å².